The van der Waals surface area contributed by atoms with Crippen molar-refractivity contribution in [2.75, 3.05) is 0 Å². The molecule has 0 aliphatic rings. The molecule has 0 aliphatic carbocycles. The average Bonchev–Trinajstić information content (AvgIpc) is 2.40. The summed E-state index contributed by atoms with van der Waals surface area (Å²) in [4.78, 5) is -0.148. The summed E-state index contributed by atoms with van der Waals surface area (Å²) in [5.74, 6) is 0. The van der Waals surface area contributed by atoms with Crippen molar-refractivity contribution in [1.29, 1.82) is 0 Å². The van der Waals surface area contributed by atoms with Gasteiger partial charge in [-0.15, -0.1) is 0 Å². The van der Waals surface area contributed by atoms with E-state index in [1.165, 1.54) is 24.3 Å². The van der Waals surface area contributed by atoms with Crippen molar-refractivity contribution in [3.8, 4) is 0 Å². The standard InChI is InChI=1S/2C6H6O3S.Ca/c2*7-10(8,9)6-4-2-1-3-5-6;/h2*1-5H,(H,7,8,9);. The minimum Gasteiger partial charge on any atom is -0.282 e. The Morgan fingerprint density at radius 3 is 0.952 bits per heavy atom. The first kappa shape index (κ1) is 20.5. The summed E-state index contributed by atoms with van der Waals surface area (Å²) in [7, 11) is -8.01. The minimum absolute atomic E-state index is 0. The van der Waals surface area contributed by atoms with E-state index in [1.54, 1.807) is 36.4 Å². The van der Waals surface area contributed by atoms with Gasteiger partial charge in [0.2, 0.25) is 0 Å². The third-order valence-electron chi connectivity index (χ3n) is 2.08. The van der Waals surface area contributed by atoms with Gasteiger partial charge in [-0.1, -0.05) is 36.4 Å². The fourth-order valence-electron chi connectivity index (χ4n) is 1.18. The van der Waals surface area contributed by atoms with Crippen molar-refractivity contribution in [1.82, 2.24) is 0 Å². The van der Waals surface area contributed by atoms with Gasteiger partial charge in [-0.25, -0.2) is 0 Å². The zero-order valence-electron chi connectivity index (χ0n) is 10.8. The van der Waals surface area contributed by atoms with Crippen LogP contribution in [0.15, 0.2) is 70.5 Å². The summed E-state index contributed by atoms with van der Waals surface area (Å²) in [5, 5.41) is 0. The van der Waals surface area contributed by atoms with Crippen LogP contribution in [0.3, 0.4) is 0 Å². The quantitative estimate of drug-likeness (QED) is 0.623. The van der Waals surface area contributed by atoms with Gasteiger partial charge in [-0.3, -0.25) is 9.11 Å². The zero-order chi connectivity index (χ0) is 15.2. The molecule has 9 heteroatoms. The fraction of sp³-hybridized carbons (Fsp3) is 0. The van der Waals surface area contributed by atoms with E-state index in [4.69, 9.17) is 9.11 Å². The van der Waals surface area contributed by atoms with Crippen molar-refractivity contribution >= 4 is 58.0 Å². The van der Waals surface area contributed by atoms with Crippen molar-refractivity contribution in [2.24, 2.45) is 0 Å². The van der Waals surface area contributed by atoms with E-state index < -0.39 is 20.2 Å². The van der Waals surface area contributed by atoms with Crippen LogP contribution in [0.2, 0.25) is 0 Å². The smallest absolute Gasteiger partial charge is 0.282 e. The molecule has 0 aromatic heterocycles. The zero-order valence-corrected chi connectivity index (χ0v) is 14.7. The van der Waals surface area contributed by atoms with Crippen LogP contribution in [-0.2, 0) is 20.2 Å². The molecule has 2 radical (unpaired) electrons. The molecule has 110 valence electrons. The molecule has 2 aromatic rings. The maximum absolute atomic E-state index is 10.4. The predicted octanol–water partition coefficient (Wildman–Crippen LogP) is 1.49. The maximum Gasteiger partial charge on any atom is 0.294 e. The first-order chi connectivity index (χ1) is 9.21. The molecule has 21 heavy (non-hydrogen) atoms. The molecule has 6 nitrogen and oxygen atoms in total. The summed E-state index contributed by atoms with van der Waals surface area (Å²) in [6.45, 7) is 0. The Balaban J connectivity index is 0.000000364. The van der Waals surface area contributed by atoms with Crippen LogP contribution in [0.5, 0.6) is 0 Å². The molecule has 0 amide bonds. The number of rotatable bonds is 2. The number of hydrogen-bond donors (Lipinski definition) is 2. The molecular weight excluding hydrogens is 344 g/mol. The molecule has 2 N–H and O–H groups in total. The summed E-state index contributed by atoms with van der Waals surface area (Å²) >= 11 is 0. The summed E-state index contributed by atoms with van der Waals surface area (Å²) < 4.78 is 58.5. The molecule has 2 aromatic carbocycles. The first-order valence-corrected chi connectivity index (χ1v) is 8.14. The average molecular weight is 356 g/mol. The van der Waals surface area contributed by atoms with E-state index >= 15 is 0 Å². The molecular formula is C12H12CaO6S2. The Morgan fingerprint density at radius 2 is 0.810 bits per heavy atom. The van der Waals surface area contributed by atoms with Crippen LogP contribution < -0.4 is 0 Å². The molecule has 0 unspecified atom stereocenters. The summed E-state index contributed by atoms with van der Waals surface area (Å²) in [6.07, 6.45) is 0. The molecule has 0 fully saturated rings. The van der Waals surface area contributed by atoms with E-state index in [0.717, 1.165) is 0 Å². The monoisotopic (exact) mass is 356 g/mol. The van der Waals surface area contributed by atoms with Crippen molar-refractivity contribution in [3.05, 3.63) is 60.7 Å². The second-order valence-electron chi connectivity index (χ2n) is 3.58. The molecule has 0 aliphatic heterocycles. The van der Waals surface area contributed by atoms with E-state index in [-0.39, 0.29) is 47.5 Å². The largest absolute Gasteiger partial charge is 0.294 e. The minimum atomic E-state index is -4.00. The van der Waals surface area contributed by atoms with Gasteiger partial charge in [0.05, 0.1) is 9.79 Å². The molecule has 0 heterocycles. The van der Waals surface area contributed by atoms with Gasteiger partial charge in [0, 0.05) is 37.7 Å². The van der Waals surface area contributed by atoms with E-state index in [2.05, 4.69) is 0 Å². The first-order valence-electron chi connectivity index (χ1n) is 5.26. The maximum atomic E-state index is 10.4. The SMILES string of the molecule is O=S(=O)(O)c1ccccc1.O=S(=O)(O)c1ccccc1.[Ca]. The Bertz CT molecular complexity index is 675. The van der Waals surface area contributed by atoms with Gasteiger partial charge in [0.1, 0.15) is 0 Å². The number of benzene rings is 2. The Hall–Kier alpha value is -0.480. The van der Waals surface area contributed by atoms with Crippen molar-refractivity contribution in [3.63, 3.8) is 0 Å². The van der Waals surface area contributed by atoms with Crippen LogP contribution in [0.1, 0.15) is 0 Å². The Morgan fingerprint density at radius 1 is 0.571 bits per heavy atom. The molecule has 0 atom stereocenters. The normalized spacial score (nSPS) is 10.8. The van der Waals surface area contributed by atoms with Gasteiger partial charge in [0.25, 0.3) is 20.2 Å². The third kappa shape index (κ3) is 7.91. The van der Waals surface area contributed by atoms with Crippen LogP contribution in [0.25, 0.3) is 0 Å². The predicted molar refractivity (Wildman–Crippen MR) is 78.3 cm³/mol. The van der Waals surface area contributed by atoms with Gasteiger partial charge in [-0.2, -0.15) is 16.8 Å². The van der Waals surface area contributed by atoms with Gasteiger partial charge in [-0.05, 0) is 24.3 Å². The molecule has 0 spiro atoms. The Kier molecular flexibility index (Phi) is 8.64. The van der Waals surface area contributed by atoms with E-state index in [0.29, 0.717) is 0 Å². The van der Waals surface area contributed by atoms with Gasteiger partial charge in [0.15, 0.2) is 0 Å². The number of hydrogen-bond acceptors (Lipinski definition) is 4. The second-order valence-corrected chi connectivity index (χ2v) is 6.42. The Labute approximate surface area is 153 Å². The van der Waals surface area contributed by atoms with Crippen LogP contribution in [-0.4, -0.2) is 63.7 Å². The second kappa shape index (κ2) is 8.84. The van der Waals surface area contributed by atoms with E-state index in [1.807, 2.05) is 0 Å². The van der Waals surface area contributed by atoms with Crippen LogP contribution in [0, 0.1) is 0 Å². The topological polar surface area (TPSA) is 109 Å². The van der Waals surface area contributed by atoms with Crippen LogP contribution >= 0.6 is 0 Å². The van der Waals surface area contributed by atoms with Crippen molar-refractivity contribution in [2.45, 2.75) is 9.79 Å². The molecule has 0 saturated heterocycles. The molecule has 0 bridgehead atoms. The van der Waals surface area contributed by atoms with E-state index in [9.17, 15) is 16.8 Å². The summed E-state index contributed by atoms with van der Waals surface area (Å²) in [6, 6.07) is 14.8. The van der Waals surface area contributed by atoms with Crippen LogP contribution in [0.4, 0.5) is 0 Å². The molecule has 0 saturated carbocycles. The third-order valence-corrected chi connectivity index (χ3v) is 3.82. The fourth-order valence-corrected chi connectivity index (χ4v) is 2.19. The molecule has 2 rings (SSSR count). The van der Waals surface area contributed by atoms with Gasteiger partial charge < -0.3 is 0 Å². The summed E-state index contributed by atoms with van der Waals surface area (Å²) in [5.41, 5.74) is 0. The van der Waals surface area contributed by atoms with Crippen molar-refractivity contribution < 1.29 is 25.9 Å². The van der Waals surface area contributed by atoms with Gasteiger partial charge >= 0.3 is 0 Å².